The van der Waals surface area contributed by atoms with E-state index in [-0.39, 0.29) is 0 Å². The maximum absolute atomic E-state index is 5.85. The van der Waals surface area contributed by atoms with E-state index in [0.29, 0.717) is 12.0 Å². The highest BCUT2D eigenvalue weighted by Crippen LogP contribution is 2.34. The first-order valence-electron chi connectivity index (χ1n) is 8.36. The molecule has 3 nitrogen and oxygen atoms in total. The molecule has 0 aromatic heterocycles. The molecule has 1 atom stereocenters. The molecule has 0 saturated heterocycles. The maximum Gasteiger partial charge on any atom is 0.122 e. The topological polar surface area (TPSA) is 47.3 Å². The van der Waals surface area contributed by atoms with Crippen LogP contribution in [-0.2, 0) is 6.42 Å². The summed E-state index contributed by atoms with van der Waals surface area (Å²) in [4.78, 5) is 0. The van der Waals surface area contributed by atoms with Crippen LogP contribution in [0.3, 0.4) is 0 Å². The molecule has 0 aliphatic heterocycles. The quantitative estimate of drug-likeness (QED) is 0.595. The molecule has 1 aromatic rings. The standard InChI is InChI=1S/C18H30N2O/c1-3-6-14-9-11-15(12-10-14)17(20-19)13-16-7-4-5-8-18(16)21-2/h4-5,7-8,14-15,17,20H,3,6,9-13,19H2,1-2H3. The summed E-state index contributed by atoms with van der Waals surface area (Å²) in [5, 5.41) is 0. The van der Waals surface area contributed by atoms with E-state index in [2.05, 4.69) is 24.5 Å². The number of hydrogen-bond donors (Lipinski definition) is 2. The van der Waals surface area contributed by atoms with E-state index in [1.807, 2.05) is 12.1 Å². The molecule has 0 amide bonds. The van der Waals surface area contributed by atoms with Gasteiger partial charge in [-0.3, -0.25) is 11.3 Å². The lowest BCUT2D eigenvalue weighted by Crippen LogP contribution is -2.43. The zero-order chi connectivity index (χ0) is 15.1. The first kappa shape index (κ1) is 16.3. The predicted molar refractivity (Wildman–Crippen MR) is 88.2 cm³/mol. The van der Waals surface area contributed by atoms with Crippen LogP contribution in [-0.4, -0.2) is 13.2 Å². The number of ether oxygens (including phenoxy) is 1. The van der Waals surface area contributed by atoms with Gasteiger partial charge in [-0.1, -0.05) is 50.8 Å². The molecule has 1 saturated carbocycles. The summed E-state index contributed by atoms with van der Waals surface area (Å²) < 4.78 is 5.46. The summed E-state index contributed by atoms with van der Waals surface area (Å²) in [6.45, 7) is 2.29. The van der Waals surface area contributed by atoms with Crippen LogP contribution >= 0.6 is 0 Å². The van der Waals surface area contributed by atoms with Gasteiger partial charge in [0, 0.05) is 6.04 Å². The summed E-state index contributed by atoms with van der Waals surface area (Å²) in [5.41, 5.74) is 4.31. The fourth-order valence-corrected chi connectivity index (χ4v) is 3.76. The molecule has 118 valence electrons. The molecule has 1 aliphatic rings. The minimum absolute atomic E-state index is 0.351. The van der Waals surface area contributed by atoms with Gasteiger partial charge < -0.3 is 4.74 Å². The molecule has 0 spiro atoms. The van der Waals surface area contributed by atoms with Crippen molar-refractivity contribution in [2.45, 2.75) is 57.9 Å². The molecule has 1 fully saturated rings. The third kappa shape index (κ3) is 4.45. The molecular weight excluding hydrogens is 260 g/mol. The van der Waals surface area contributed by atoms with Crippen LogP contribution in [0.5, 0.6) is 5.75 Å². The van der Waals surface area contributed by atoms with Gasteiger partial charge in [0.15, 0.2) is 0 Å². The summed E-state index contributed by atoms with van der Waals surface area (Å²) in [5.74, 6) is 8.44. The fourth-order valence-electron chi connectivity index (χ4n) is 3.76. The van der Waals surface area contributed by atoms with Gasteiger partial charge in [-0.2, -0.15) is 0 Å². The Bertz CT molecular complexity index is 413. The Balaban J connectivity index is 1.94. The van der Waals surface area contributed by atoms with Crippen molar-refractivity contribution >= 4 is 0 Å². The first-order chi connectivity index (χ1) is 10.3. The van der Waals surface area contributed by atoms with E-state index < -0.39 is 0 Å². The van der Waals surface area contributed by atoms with E-state index in [0.717, 1.165) is 18.1 Å². The van der Waals surface area contributed by atoms with Gasteiger partial charge in [0.2, 0.25) is 0 Å². The van der Waals surface area contributed by atoms with E-state index in [4.69, 9.17) is 10.6 Å². The van der Waals surface area contributed by atoms with E-state index in [9.17, 15) is 0 Å². The van der Waals surface area contributed by atoms with Crippen LogP contribution in [0.2, 0.25) is 0 Å². The largest absolute Gasteiger partial charge is 0.496 e. The number of nitrogens with one attached hydrogen (secondary N) is 1. The normalized spacial score (nSPS) is 23.8. The van der Waals surface area contributed by atoms with E-state index >= 15 is 0 Å². The smallest absolute Gasteiger partial charge is 0.122 e. The Kier molecular flexibility index (Phi) is 6.52. The van der Waals surface area contributed by atoms with Crippen LogP contribution in [0.1, 0.15) is 51.0 Å². The molecule has 1 aromatic carbocycles. The zero-order valence-electron chi connectivity index (χ0n) is 13.5. The molecule has 0 heterocycles. The van der Waals surface area contributed by atoms with Crippen LogP contribution in [0.15, 0.2) is 24.3 Å². The number of methoxy groups -OCH3 is 1. The van der Waals surface area contributed by atoms with Crippen molar-refractivity contribution in [1.82, 2.24) is 5.43 Å². The third-order valence-corrected chi connectivity index (χ3v) is 5.00. The SMILES string of the molecule is CCCC1CCC(C(Cc2ccccc2OC)NN)CC1. The van der Waals surface area contributed by atoms with Crippen LogP contribution in [0.4, 0.5) is 0 Å². The van der Waals surface area contributed by atoms with Crippen molar-refractivity contribution in [3.63, 3.8) is 0 Å². The monoisotopic (exact) mass is 290 g/mol. The summed E-state index contributed by atoms with van der Waals surface area (Å²) in [6.07, 6.45) is 8.98. The Morgan fingerprint density at radius 1 is 1.24 bits per heavy atom. The third-order valence-electron chi connectivity index (χ3n) is 5.00. The van der Waals surface area contributed by atoms with Gasteiger partial charge in [-0.25, -0.2) is 0 Å². The number of rotatable bonds is 7. The van der Waals surface area contributed by atoms with Crippen molar-refractivity contribution in [3.05, 3.63) is 29.8 Å². The maximum atomic E-state index is 5.85. The van der Waals surface area contributed by atoms with E-state index in [1.165, 1.54) is 44.1 Å². The molecule has 0 bridgehead atoms. The Hall–Kier alpha value is -1.06. The lowest BCUT2D eigenvalue weighted by Gasteiger charge is -2.33. The van der Waals surface area contributed by atoms with Crippen LogP contribution < -0.4 is 16.0 Å². The highest BCUT2D eigenvalue weighted by Gasteiger charge is 2.27. The molecule has 21 heavy (non-hydrogen) atoms. The molecule has 2 rings (SSSR count). The molecule has 0 radical (unpaired) electrons. The summed E-state index contributed by atoms with van der Waals surface area (Å²) >= 11 is 0. The highest BCUT2D eigenvalue weighted by atomic mass is 16.5. The minimum atomic E-state index is 0.351. The lowest BCUT2D eigenvalue weighted by atomic mass is 9.76. The Labute approximate surface area is 129 Å². The predicted octanol–water partition coefficient (Wildman–Crippen LogP) is 3.68. The van der Waals surface area contributed by atoms with Gasteiger partial charge in [-0.05, 0) is 42.7 Å². The fraction of sp³-hybridized carbons (Fsp3) is 0.667. The highest BCUT2D eigenvalue weighted by molar-refractivity contribution is 5.33. The van der Waals surface area contributed by atoms with Crippen molar-refractivity contribution in [2.24, 2.45) is 17.7 Å². The summed E-state index contributed by atoms with van der Waals surface area (Å²) in [7, 11) is 1.74. The van der Waals surface area contributed by atoms with Crippen molar-refractivity contribution in [2.75, 3.05) is 7.11 Å². The van der Waals surface area contributed by atoms with Crippen molar-refractivity contribution in [3.8, 4) is 5.75 Å². The van der Waals surface area contributed by atoms with Gasteiger partial charge in [-0.15, -0.1) is 0 Å². The number of nitrogens with two attached hydrogens (primary N) is 1. The molecule has 3 heteroatoms. The minimum Gasteiger partial charge on any atom is -0.496 e. The average molecular weight is 290 g/mol. The second-order valence-electron chi connectivity index (χ2n) is 6.36. The Morgan fingerprint density at radius 3 is 2.57 bits per heavy atom. The molecule has 3 N–H and O–H groups in total. The van der Waals surface area contributed by atoms with Gasteiger partial charge >= 0.3 is 0 Å². The average Bonchev–Trinajstić information content (AvgIpc) is 2.54. The van der Waals surface area contributed by atoms with Crippen molar-refractivity contribution in [1.29, 1.82) is 0 Å². The number of para-hydroxylation sites is 1. The number of hydrogen-bond acceptors (Lipinski definition) is 3. The van der Waals surface area contributed by atoms with Crippen LogP contribution in [0, 0.1) is 11.8 Å². The molecule has 1 unspecified atom stereocenters. The van der Waals surface area contributed by atoms with E-state index in [1.54, 1.807) is 7.11 Å². The van der Waals surface area contributed by atoms with Gasteiger partial charge in [0.1, 0.15) is 5.75 Å². The van der Waals surface area contributed by atoms with Crippen molar-refractivity contribution < 1.29 is 4.74 Å². The number of benzene rings is 1. The second-order valence-corrected chi connectivity index (χ2v) is 6.36. The number of hydrazine groups is 1. The summed E-state index contributed by atoms with van der Waals surface area (Å²) in [6, 6.07) is 8.61. The second kappa shape index (κ2) is 8.40. The lowest BCUT2D eigenvalue weighted by molar-refractivity contribution is 0.212. The van der Waals surface area contributed by atoms with Gasteiger partial charge in [0.05, 0.1) is 7.11 Å². The van der Waals surface area contributed by atoms with Crippen LogP contribution in [0.25, 0.3) is 0 Å². The van der Waals surface area contributed by atoms with Gasteiger partial charge in [0.25, 0.3) is 0 Å². The molecule has 1 aliphatic carbocycles. The zero-order valence-corrected chi connectivity index (χ0v) is 13.5. The first-order valence-corrected chi connectivity index (χ1v) is 8.36. The Morgan fingerprint density at radius 2 is 1.95 bits per heavy atom. The molecular formula is C18H30N2O.